The fourth-order valence-electron chi connectivity index (χ4n) is 2.91. The summed E-state index contributed by atoms with van der Waals surface area (Å²) in [5.74, 6) is 0.379. The van der Waals surface area contributed by atoms with Crippen molar-refractivity contribution in [2.24, 2.45) is 0 Å². The van der Waals surface area contributed by atoms with Gasteiger partial charge < -0.3 is 0 Å². The van der Waals surface area contributed by atoms with Crippen LogP contribution in [0.4, 0.5) is 0 Å². The number of hydrogen-bond acceptors (Lipinski definition) is 0. The van der Waals surface area contributed by atoms with E-state index in [1.165, 1.54) is 37.9 Å². The van der Waals surface area contributed by atoms with Crippen molar-refractivity contribution in [2.75, 3.05) is 0 Å². The third kappa shape index (κ3) is 1.97. The molecule has 0 N–H and O–H groups in total. The maximum absolute atomic E-state index is 3.72. The molecule has 0 aliphatic heterocycles. The lowest BCUT2D eigenvalue weighted by Crippen LogP contribution is -2.01. The molecule has 0 amide bonds. The zero-order valence-electron chi connectivity index (χ0n) is 11.5. The summed E-state index contributed by atoms with van der Waals surface area (Å²) in [6.45, 7) is 6.59. The van der Waals surface area contributed by atoms with E-state index in [2.05, 4.69) is 79.2 Å². The maximum Gasteiger partial charge on any atom is 0.0292 e. The Morgan fingerprint density at radius 1 is 0.947 bits per heavy atom. The molecule has 1 atom stereocenters. The molecule has 0 saturated carbocycles. The van der Waals surface area contributed by atoms with Gasteiger partial charge in [0.05, 0.1) is 0 Å². The Morgan fingerprint density at radius 3 is 2.53 bits per heavy atom. The van der Waals surface area contributed by atoms with Crippen LogP contribution in [0.3, 0.4) is 0 Å². The summed E-state index contributed by atoms with van der Waals surface area (Å²) in [7, 11) is 0. The van der Waals surface area contributed by atoms with E-state index in [0.29, 0.717) is 5.92 Å². The smallest absolute Gasteiger partial charge is 0.0292 e. The Hall–Kier alpha value is -1.34. The number of rotatable bonds is 1. The molecule has 0 heterocycles. The molecule has 96 valence electrons. The van der Waals surface area contributed by atoms with Crippen molar-refractivity contribution in [3.05, 3.63) is 74.3 Å². The second kappa shape index (κ2) is 4.64. The summed E-state index contributed by atoms with van der Waals surface area (Å²) < 4.78 is 1.21. The minimum absolute atomic E-state index is 0.379. The second-order valence-corrected chi connectivity index (χ2v) is 6.17. The van der Waals surface area contributed by atoms with Gasteiger partial charge in [0.15, 0.2) is 0 Å². The molecule has 1 heteroatoms. The fourth-order valence-corrected chi connectivity index (χ4v) is 3.51. The number of hydrogen-bond donors (Lipinski definition) is 0. The van der Waals surface area contributed by atoms with E-state index < -0.39 is 0 Å². The van der Waals surface area contributed by atoms with Crippen LogP contribution in [-0.2, 0) is 0 Å². The Balaban J connectivity index is 2.20. The standard InChI is InChI=1S/C18H17Br/c1-11-5-4-6-15(13(11)3)16-9-8-14-12(2)7-10-17(19)18(14)16/h4-10,16H,1-3H3. The van der Waals surface area contributed by atoms with Crippen LogP contribution in [0.15, 0.2) is 40.9 Å². The molecular formula is C18H17Br. The quantitative estimate of drug-likeness (QED) is 0.649. The third-order valence-electron chi connectivity index (χ3n) is 4.20. The first-order valence-corrected chi connectivity index (χ1v) is 7.42. The first kappa shape index (κ1) is 12.7. The van der Waals surface area contributed by atoms with Crippen molar-refractivity contribution in [3.63, 3.8) is 0 Å². The summed E-state index contributed by atoms with van der Waals surface area (Å²) in [5, 5.41) is 0. The fraction of sp³-hybridized carbons (Fsp3) is 0.222. The molecule has 19 heavy (non-hydrogen) atoms. The van der Waals surface area contributed by atoms with Crippen LogP contribution in [0.1, 0.15) is 39.3 Å². The van der Waals surface area contributed by atoms with E-state index in [4.69, 9.17) is 0 Å². The molecule has 1 aliphatic carbocycles. The molecule has 2 aromatic rings. The van der Waals surface area contributed by atoms with E-state index in [0.717, 1.165) is 0 Å². The van der Waals surface area contributed by atoms with E-state index in [-0.39, 0.29) is 0 Å². The number of halogens is 1. The summed E-state index contributed by atoms with van der Waals surface area (Å²) >= 11 is 3.72. The van der Waals surface area contributed by atoms with Gasteiger partial charge in [-0.15, -0.1) is 0 Å². The average Bonchev–Trinajstić information content (AvgIpc) is 2.83. The highest BCUT2D eigenvalue weighted by molar-refractivity contribution is 9.10. The van der Waals surface area contributed by atoms with E-state index in [9.17, 15) is 0 Å². The molecule has 0 saturated heterocycles. The lowest BCUT2D eigenvalue weighted by molar-refractivity contribution is 1.01. The molecule has 0 radical (unpaired) electrons. The number of allylic oxidation sites excluding steroid dienone is 1. The Labute approximate surface area is 123 Å². The predicted molar refractivity (Wildman–Crippen MR) is 85.7 cm³/mol. The molecule has 0 fully saturated rings. The molecule has 1 unspecified atom stereocenters. The van der Waals surface area contributed by atoms with Crippen LogP contribution >= 0.6 is 15.9 Å². The third-order valence-corrected chi connectivity index (χ3v) is 4.89. The topological polar surface area (TPSA) is 0 Å². The molecule has 0 nitrogen and oxygen atoms in total. The van der Waals surface area contributed by atoms with Gasteiger partial charge in [0.25, 0.3) is 0 Å². The molecule has 0 spiro atoms. The largest absolute Gasteiger partial charge is 0.0720 e. The number of aryl methyl sites for hydroxylation is 2. The van der Waals surface area contributed by atoms with Crippen molar-refractivity contribution in [2.45, 2.75) is 26.7 Å². The summed E-state index contributed by atoms with van der Waals surface area (Å²) in [6, 6.07) is 10.9. The predicted octanol–water partition coefficient (Wildman–Crippen LogP) is 5.53. The van der Waals surface area contributed by atoms with Crippen LogP contribution in [0, 0.1) is 20.8 Å². The Morgan fingerprint density at radius 2 is 1.74 bits per heavy atom. The van der Waals surface area contributed by atoms with Gasteiger partial charge in [-0.05, 0) is 60.2 Å². The average molecular weight is 313 g/mol. The van der Waals surface area contributed by atoms with Crippen molar-refractivity contribution in [3.8, 4) is 0 Å². The zero-order valence-corrected chi connectivity index (χ0v) is 13.1. The van der Waals surface area contributed by atoms with Crippen molar-refractivity contribution in [1.29, 1.82) is 0 Å². The van der Waals surface area contributed by atoms with Gasteiger partial charge in [0, 0.05) is 10.4 Å². The van der Waals surface area contributed by atoms with E-state index in [1.54, 1.807) is 0 Å². The molecule has 2 aromatic carbocycles. The minimum Gasteiger partial charge on any atom is -0.0720 e. The second-order valence-electron chi connectivity index (χ2n) is 5.32. The monoisotopic (exact) mass is 312 g/mol. The summed E-state index contributed by atoms with van der Waals surface area (Å²) in [6.07, 6.45) is 4.59. The van der Waals surface area contributed by atoms with Gasteiger partial charge in [-0.3, -0.25) is 0 Å². The number of benzene rings is 2. The van der Waals surface area contributed by atoms with Gasteiger partial charge in [0.2, 0.25) is 0 Å². The normalized spacial score (nSPS) is 16.7. The highest BCUT2D eigenvalue weighted by Gasteiger charge is 2.24. The minimum atomic E-state index is 0.379. The zero-order chi connectivity index (χ0) is 13.6. The maximum atomic E-state index is 3.72. The van der Waals surface area contributed by atoms with Crippen LogP contribution < -0.4 is 0 Å². The van der Waals surface area contributed by atoms with Crippen LogP contribution in [0.2, 0.25) is 0 Å². The summed E-state index contributed by atoms with van der Waals surface area (Å²) in [4.78, 5) is 0. The van der Waals surface area contributed by atoms with E-state index >= 15 is 0 Å². The van der Waals surface area contributed by atoms with Gasteiger partial charge >= 0.3 is 0 Å². The van der Waals surface area contributed by atoms with Crippen molar-refractivity contribution >= 4 is 22.0 Å². The van der Waals surface area contributed by atoms with Crippen molar-refractivity contribution in [1.82, 2.24) is 0 Å². The molecule has 0 bridgehead atoms. The van der Waals surface area contributed by atoms with Crippen LogP contribution in [0.5, 0.6) is 0 Å². The SMILES string of the molecule is Cc1cccc(C2C=Cc3c(C)ccc(Br)c32)c1C. The lowest BCUT2D eigenvalue weighted by Gasteiger charge is -2.18. The molecular weight excluding hydrogens is 296 g/mol. The van der Waals surface area contributed by atoms with E-state index in [1.807, 2.05) is 0 Å². The first-order valence-electron chi connectivity index (χ1n) is 6.63. The van der Waals surface area contributed by atoms with Gasteiger partial charge in [-0.25, -0.2) is 0 Å². The Bertz CT molecular complexity index is 680. The van der Waals surface area contributed by atoms with Gasteiger partial charge in [-0.1, -0.05) is 52.3 Å². The van der Waals surface area contributed by atoms with Crippen LogP contribution in [-0.4, -0.2) is 0 Å². The van der Waals surface area contributed by atoms with Gasteiger partial charge in [0.1, 0.15) is 0 Å². The summed E-state index contributed by atoms with van der Waals surface area (Å²) in [5.41, 5.74) is 8.32. The van der Waals surface area contributed by atoms with Crippen LogP contribution in [0.25, 0.3) is 6.08 Å². The highest BCUT2D eigenvalue weighted by Crippen LogP contribution is 2.42. The first-order chi connectivity index (χ1) is 9.09. The number of fused-ring (bicyclic) bond motifs is 1. The lowest BCUT2D eigenvalue weighted by atomic mass is 9.88. The molecule has 0 aromatic heterocycles. The Kier molecular flexibility index (Phi) is 3.10. The highest BCUT2D eigenvalue weighted by atomic mass is 79.9. The van der Waals surface area contributed by atoms with Crippen molar-refractivity contribution < 1.29 is 0 Å². The molecule has 3 rings (SSSR count). The van der Waals surface area contributed by atoms with Gasteiger partial charge in [-0.2, -0.15) is 0 Å². The molecule has 1 aliphatic rings.